The van der Waals surface area contributed by atoms with Crippen molar-refractivity contribution >= 4 is 40.9 Å². The maximum Gasteiger partial charge on any atom is 0.248 e. The summed E-state index contributed by atoms with van der Waals surface area (Å²) in [4.78, 5) is 12.1. The van der Waals surface area contributed by atoms with E-state index in [9.17, 15) is 4.79 Å². The summed E-state index contributed by atoms with van der Waals surface area (Å²) in [6.45, 7) is 5.20. The number of carbonyl (C=O) groups excluding carboxylic acids is 1. The summed E-state index contributed by atoms with van der Waals surface area (Å²) in [6.07, 6.45) is 8.28. The molecule has 0 fully saturated rings. The molecule has 2 aromatic heterocycles. The van der Waals surface area contributed by atoms with Gasteiger partial charge in [-0.05, 0) is 32.1 Å². The van der Waals surface area contributed by atoms with Crippen molar-refractivity contribution in [2.75, 3.05) is 5.32 Å². The van der Waals surface area contributed by atoms with Gasteiger partial charge in [-0.3, -0.25) is 14.2 Å². The Hall–Kier alpha value is -2.57. The van der Waals surface area contributed by atoms with Crippen molar-refractivity contribution in [3.63, 3.8) is 0 Å². The molecule has 0 unspecified atom stereocenters. The van der Waals surface area contributed by atoms with Crippen molar-refractivity contribution in [2.24, 2.45) is 0 Å². The lowest BCUT2D eigenvalue weighted by atomic mass is 10.2. The molecule has 0 saturated carbocycles. The fourth-order valence-electron chi connectivity index (χ4n) is 2.65. The average molecular weight is 404 g/mol. The molecule has 0 atom stereocenters. The van der Waals surface area contributed by atoms with Gasteiger partial charge in [-0.25, -0.2) is 0 Å². The molecule has 140 valence electrons. The van der Waals surface area contributed by atoms with Gasteiger partial charge in [0.1, 0.15) is 0 Å². The van der Waals surface area contributed by atoms with Crippen LogP contribution in [0.5, 0.6) is 0 Å². The van der Waals surface area contributed by atoms with Gasteiger partial charge in [0.2, 0.25) is 5.91 Å². The molecule has 1 aromatic carbocycles. The first-order valence-electron chi connectivity index (χ1n) is 8.44. The summed E-state index contributed by atoms with van der Waals surface area (Å²) in [5, 5.41) is 12.4. The van der Waals surface area contributed by atoms with Gasteiger partial charge in [0, 0.05) is 45.7 Å². The highest BCUT2D eigenvalue weighted by Gasteiger charge is 2.08. The Kier molecular flexibility index (Phi) is 5.98. The summed E-state index contributed by atoms with van der Waals surface area (Å²) in [7, 11) is 0. The zero-order valence-electron chi connectivity index (χ0n) is 15.0. The van der Waals surface area contributed by atoms with Gasteiger partial charge in [-0.2, -0.15) is 10.2 Å². The molecule has 0 saturated heterocycles. The fourth-order valence-corrected chi connectivity index (χ4v) is 3.17. The minimum atomic E-state index is -0.242. The lowest BCUT2D eigenvalue weighted by Gasteiger charge is -2.06. The standard InChI is InChI=1S/C19H19Cl2N5O/c1-3-26-13(2)14(9-23-26)7-8-19(27)24-15-10-22-25(11-15)12-16-17(20)5-4-6-18(16)21/h4-11H,3,12H2,1-2H3,(H,24,27). The van der Waals surface area contributed by atoms with Crippen LogP contribution in [0.25, 0.3) is 6.08 Å². The normalized spacial score (nSPS) is 11.3. The van der Waals surface area contributed by atoms with Gasteiger partial charge in [-0.15, -0.1) is 0 Å². The second-order valence-corrected chi connectivity index (χ2v) is 6.76. The molecular formula is C19H19Cl2N5O. The number of anilines is 1. The molecule has 6 nitrogen and oxygen atoms in total. The molecule has 0 spiro atoms. The van der Waals surface area contributed by atoms with Gasteiger partial charge in [0.05, 0.1) is 24.6 Å². The van der Waals surface area contributed by atoms with Crippen LogP contribution >= 0.6 is 23.2 Å². The number of nitrogens with one attached hydrogen (secondary N) is 1. The van der Waals surface area contributed by atoms with Crippen molar-refractivity contribution in [3.05, 3.63) is 69.7 Å². The van der Waals surface area contributed by atoms with Gasteiger partial charge in [0.15, 0.2) is 0 Å². The van der Waals surface area contributed by atoms with E-state index >= 15 is 0 Å². The van der Waals surface area contributed by atoms with Crippen LogP contribution in [0.3, 0.4) is 0 Å². The quantitative estimate of drug-likeness (QED) is 0.619. The van der Waals surface area contributed by atoms with Crippen LogP contribution in [0, 0.1) is 6.92 Å². The number of halogens is 2. The monoisotopic (exact) mass is 403 g/mol. The Morgan fingerprint density at radius 2 is 1.96 bits per heavy atom. The van der Waals surface area contributed by atoms with E-state index in [0.717, 1.165) is 23.4 Å². The van der Waals surface area contributed by atoms with Gasteiger partial charge >= 0.3 is 0 Å². The Morgan fingerprint density at radius 3 is 2.63 bits per heavy atom. The van der Waals surface area contributed by atoms with E-state index in [-0.39, 0.29) is 5.91 Å². The highest BCUT2D eigenvalue weighted by molar-refractivity contribution is 6.35. The molecule has 0 aliphatic carbocycles. The van der Waals surface area contributed by atoms with E-state index in [1.54, 1.807) is 47.5 Å². The minimum Gasteiger partial charge on any atom is -0.320 e. The maximum absolute atomic E-state index is 12.1. The third-order valence-corrected chi connectivity index (χ3v) is 4.85. The van der Waals surface area contributed by atoms with Crippen LogP contribution in [0.15, 0.2) is 42.9 Å². The molecule has 0 aliphatic rings. The first-order valence-corrected chi connectivity index (χ1v) is 9.20. The first-order chi connectivity index (χ1) is 13.0. The van der Waals surface area contributed by atoms with Gasteiger partial charge < -0.3 is 5.32 Å². The van der Waals surface area contributed by atoms with Crippen molar-refractivity contribution < 1.29 is 4.79 Å². The fraction of sp³-hybridized carbons (Fsp3) is 0.211. The number of rotatable bonds is 6. The molecule has 2 heterocycles. The molecule has 0 aliphatic heterocycles. The second kappa shape index (κ2) is 8.41. The number of amides is 1. The number of nitrogens with zero attached hydrogens (tertiary/aromatic N) is 4. The zero-order valence-corrected chi connectivity index (χ0v) is 16.5. The lowest BCUT2D eigenvalue weighted by molar-refractivity contribution is -0.111. The third kappa shape index (κ3) is 4.59. The molecule has 0 bridgehead atoms. The number of aromatic nitrogens is 4. The second-order valence-electron chi connectivity index (χ2n) is 5.95. The van der Waals surface area contributed by atoms with E-state index in [1.165, 1.54) is 6.08 Å². The minimum absolute atomic E-state index is 0.242. The van der Waals surface area contributed by atoms with Crippen LogP contribution in [0.4, 0.5) is 5.69 Å². The summed E-state index contributed by atoms with van der Waals surface area (Å²) >= 11 is 12.4. The molecule has 0 radical (unpaired) electrons. The van der Waals surface area contributed by atoms with E-state index in [0.29, 0.717) is 22.3 Å². The summed E-state index contributed by atoms with van der Waals surface area (Å²) in [5.41, 5.74) is 3.31. The van der Waals surface area contributed by atoms with Gasteiger partial charge in [0.25, 0.3) is 0 Å². The third-order valence-electron chi connectivity index (χ3n) is 4.14. The summed E-state index contributed by atoms with van der Waals surface area (Å²) in [5.74, 6) is -0.242. The number of aryl methyl sites for hydroxylation is 1. The molecule has 3 rings (SSSR count). The van der Waals surface area contributed by atoms with Crippen molar-refractivity contribution in [1.82, 2.24) is 19.6 Å². The van der Waals surface area contributed by atoms with Crippen molar-refractivity contribution in [1.29, 1.82) is 0 Å². The Morgan fingerprint density at radius 1 is 1.22 bits per heavy atom. The van der Waals surface area contributed by atoms with Crippen LogP contribution in [0.1, 0.15) is 23.7 Å². The first kappa shape index (κ1) is 19.2. The van der Waals surface area contributed by atoms with Crippen LogP contribution in [0.2, 0.25) is 10.0 Å². The molecule has 1 amide bonds. The Labute approximate surface area is 167 Å². The SMILES string of the molecule is CCn1ncc(C=CC(=O)Nc2cnn(Cc3c(Cl)cccc3Cl)c2)c1C. The van der Waals surface area contributed by atoms with E-state index in [1.807, 2.05) is 18.5 Å². The predicted molar refractivity (Wildman–Crippen MR) is 108 cm³/mol. The average Bonchev–Trinajstić information content (AvgIpc) is 3.22. The van der Waals surface area contributed by atoms with Crippen LogP contribution in [-0.2, 0) is 17.9 Å². The molecule has 3 aromatic rings. The summed E-state index contributed by atoms with van der Waals surface area (Å²) < 4.78 is 3.54. The van der Waals surface area contributed by atoms with Crippen LogP contribution < -0.4 is 5.32 Å². The lowest BCUT2D eigenvalue weighted by Crippen LogP contribution is -2.07. The number of benzene rings is 1. The van der Waals surface area contributed by atoms with Crippen LogP contribution in [-0.4, -0.2) is 25.5 Å². The molecular weight excluding hydrogens is 385 g/mol. The summed E-state index contributed by atoms with van der Waals surface area (Å²) in [6, 6.07) is 5.35. The van der Waals surface area contributed by atoms with Crippen molar-refractivity contribution in [3.8, 4) is 0 Å². The highest BCUT2D eigenvalue weighted by Crippen LogP contribution is 2.25. The van der Waals surface area contributed by atoms with E-state index in [4.69, 9.17) is 23.2 Å². The van der Waals surface area contributed by atoms with Gasteiger partial charge in [-0.1, -0.05) is 29.3 Å². The predicted octanol–water partition coefficient (Wildman–Crippen LogP) is 4.41. The number of carbonyl (C=O) groups is 1. The Balaban J connectivity index is 1.64. The number of hydrogen-bond acceptors (Lipinski definition) is 3. The Bertz CT molecular complexity index is 970. The maximum atomic E-state index is 12.1. The number of hydrogen-bond donors (Lipinski definition) is 1. The smallest absolute Gasteiger partial charge is 0.248 e. The van der Waals surface area contributed by atoms with E-state index < -0.39 is 0 Å². The topological polar surface area (TPSA) is 64.7 Å². The zero-order chi connectivity index (χ0) is 19.4. The highest BCUT2D eigenvalue weighted by atomic mass is 35.5. The molecule has 8 heteroatoms. The molecule has 1 N–H and O–H groups in total. The largest absolute Gasteiger partial charge is 0.320 e. The van der Waals surface area contributed by atoms with E-state index in [2.05, 4.69) is 15.5 Å². The van der Waals surface area contributed by atoms with Crippen molar-refractivity contribution in [2.45, 2.75) is 26.9 Å². The molecule has 27 heavy (non-hydrogen) atoms.